The van der Waals surface area contributed by atoms with Gasteiger partial charge in [0.15, 0.2) is 6.61 Å². The van der Waals surface area contributed by atoms with Crippen LogP contribution >= 0.6 is 11.3 Å². The molecule has 2 heterocycles. The number of nitrogens with two attached hydrogens (primary N) is 1. The lowest BCUT2D eigenvalue weighted by atomic mass is 10.1. The molecule has 4 aromatic rings. The average Bonchev–Trinajstić information content (AvgIpc) is 3.87. The van der Waals surface area contributed by atoms with Crippen LogP contribution in [0.5, 0.6) is 11.5 Å². The summed E-state index contributed by atoms with van der Waals surface area (Å²) in [6.07, 6.45) is 7.29. The number of nitrogens with zero attached hydrogens (tertiary/aromatic N) is 2. The molecule has 1 aliphatic heterocycles. The van der Waals surface area contributed by atoms with Gasteiger partial charge in [-0.15, -0.1) is 11.3 Å². The molecule has 52 heavy (non-hydrogen) atoms. The van der Waals surface area contributed by atoms with Crippen LogP contribution in [0.1, 0.15) is 76.9 Å². The number of anilines is 2. The number of ether oxygens (including phenoxy) is 2. The van der Waals surface area contributed by atoms with Crippen molar-refractivity contribution in [1.29, 1.82) is 0 Å². The third-order valence-corrected chi connectivity index (χ3v) is 9.56. The van der Waals surface area contributed by atoms with E-state index in [1.807, 2.05) is 46.7 Å². The van der Waals surface area contributed by atoms with Crippen molar-refractivity contribution in [3.8, 4) is 11.5 Å². The SMILES string of the molecule is NC(Cc1cscn1)C(=O)NCCCCCCCOc1ccc(NC(=O)c2ccc(CN(C(=O)c3ccc4c(c3)OCC(=O)N4)C3CC3)cc2)cc1. The molecular formula is C39H44N6O6S. The molecule has 2 aliphatic rings. The molecule has 272 valence electrons. The second kappa shape index (κ2) is 17.8. The Morgan fingerprint density at radius 1 is 0.981 bits per heavy atom. The first-order valence-corrected chi connectivity index (χ1v) is 18.7. The Morgan fingerprint density at radius 3 is 2.48 bits per heavy atom. The summed E-state index contributed by atoms with van der Waals surface area (Å²) in [5.74, 6) is 0.548. The summed E-state index contributed by atoms with van der Waals surface area (Å²) in [6.45, 7) is 1.57. The number of hydrogen-bond donors (Lipinski definition) is 4. The predicted octanol–water partition coefficient (Wildman–Crippen LogP) is 5.55. The fourth-order valence-electron chi connectivity index (χ4n) is 5.87. The minimum absolute atomic E-state index is 0.0725. The van der Waals surface area contributed by atoms with Crippen LogP contribution < -0.4 is 31.2 Å². The molecule has 1 saturated carbocycles. The third kappa shape index (κ3) is 10.4. The van der Waals surface area contributed by atoms with Crippen molar-refractivity contribution in [2.45, 2.75) is 70.0 Å². The monoisotopic (exact) mass is 724 g/mol. The molecule has 1 aromatic heterocycles. The zero-order valence-corrected chi connectivity index (χ0v) is 29.8. The van der Waals surface area contributed by atoms with Gasteiger partial charge < -0.3 is 36.1 Å². The summed E-state index contributed by atoms with van der Waals surface area (Å²) in [5.41, 5.74) is 11.7. The molecule has 1 fully saturated rings. The van der Waals surface area contributed by atoms with Crippen LogP contribution in [0, 0.1) is 0 Å². The Balaban J connectivity index is 0.870. The number of aromatic nitrogens is 1. The van der Waals surface area contributed by atoms with Crippen molar-refractivity contribution in [2.75, 3.05) is 30.4 Å². The van der Waals surface area contributed by atoms with Crippen LogP contribution in [0.4, 0.5) is 11.4 Å². The Kier molecular flexibility index (Phi) is 12.5. The second-order valence-electron chi connectivity index (χ2n) is 13.1. The fourth-order valence-corrected chi connectivity index (χ4v) is 6.44. The van der Waals surface area contributed by atoms with Gasteiger partial charge in [0.2, 0.25) is 5.91 Å². The van der Waals surface area contributed by atoms with Crippen molar-refractivity contribution in [3.63, 3.8) is 0 Å². The van der Waals surface area contributed by atoms with Crippen LogP contribution in [0.25, 0.3) is 0 Å². The number of unbranched alkanes of at least 4 members (excludes halogenated alkanes) is 4. The maximum absolute atomic E-state index is 13.5. The number of carbonyl (C=O) groups is 4. The molecule has 0 bridgehead atoms. The van der Waals surface area contributed by atoms with E-state index in [0.717, 1.165) is 62.0 Å². The number of hydrogen-bond acceptors (Lipinski definition) is 9. The van der Waals surface area contributed by atoms with Crippen LogP contribution in [-0.2, 0) is 22.6 Å². The molecule has 12 nitrogen and oxygen atoms in total. The number of rotatable bonds is 18. The van der Waals surface area contributed by atoms with Crippen LogP contribution in [0.3, 0.4) is 0 Å². The highest BCUT2D eigenvalue weighted by atomic mass is 32.1. The van der Waals surface area contributed by atoms with Gasteiger partial charge in [0.1, 0.15) is 11.5 Å². The molecule has 1 aliphatic carbocycles. The zero-order valence-electron chi connectivity index (χ0n) is 29.0. The summed E-state index contributed by atoms with van der Waals surface area (Å²) < 4.78 is 11.4. The van der Waals surface area contributed by atoms with Crippen molar-refractivity contribution in [1.82, 2.24) is 15.2 Å². The Bertz CT molecular complexity index is 1830. The van der Waals surface area contributed by atoms with Gasteiger partial charge >= 0.3 is 0 Å². The topological polar surface area (TPSA) is 165 Å². The zero-order chi connectivity index (χ0) is 36.3. The summed E-state index contributed by atoms with van der Waals surface area (Å²) in [4.78, 5) is 56.2. The van der Waals surface area contributed by atoms with Gasteiger partial charge in [-0.1, -0.05) is 31.4 Å². The van der Waals surface area contributed by atoms with Crippen LogP contribution in [-0.4, -0.2) is 65.4 Å². The first kappa shape index (κ1) is 36.5. The van der Waals surface area contributed by atoms with Gasteiger partial charge in [-0.2, -0.15) is 0 Å². The first-order chi connectivity index (χ1) is 25.3. The minimum Gasteiger partial charge on any atom is -0.494 e. The van der Waals surface area contributed by atoms with E-state index in [1.165, 1.54) is 11.3 Å². The fraction of sp³-hybridized carbons (Fsp3) is 0.359. The highest BCUT2D eigenvalue weighted by Gasteiger charge is 2.33. The highest BCUT2D eigenvalue weighted by molar-refractivity contribution is 7.07. The lowest BCUT2D eigenvalue weighted by Gasteiger charge is -2.24. The van der Waals surface area contributed by atoms with Gasteiger partial charge in [-0.3, -0.25) is 19.2 Å². The smallest absolute Gasteiger partial charge is 0.262 e. The summed E-state index contributed by atoms with van der Waals surface area (Å²) in [5, 5.41) is 10.5. The molecule has 0 saturated heterocycles. The molecule has 3 aromatic carbocycles. The van der Waals surface area contributed by atoms with E-state index < -0.39 is 6.04 Å². The lowest BCUT2D eigenvalue weighted by molar-refractivity contribution is -0.122. The van der Waals surface area contributed by atoms with Gasteiger partial charge in [-0.05, 0) is 85.8 Å². The Labute approximate surface area is 307 Å². The van der Waals surface area contributed by atoms with E-state index in [-0.39, 0.29) is 36.3 Å². The van der Waals surface area contributed by atoms with E-state index in [4.69, 9.17) is 15.2 Å². The Morgan fingerprint density at radius 2 is 1.73 bits per heavy atom. The van der Waals surface area contributed by atoms with Crippen LogP contribution in [0.2, 0.25) is 0 Å². The van der Waals surface area contributed by atoms with E-state index in [1.54, 1.807) is 35.8 Å². The van der Waals surface area contributed by atoms with Gasteiger partial charge in [-0.25, -0.2) is 4.98 Å². The molecule has 1 atom stereocenters. The molecule has 0 spiro atoms. The number of thiazole rings is 1. The minimum atomic E-state index is -0.574. The van der Waals surface area contributed by atoms with E-state index >= 15 is 0 Å². The average molecular weight is 725 g/mol. The molecule has 6 rings (SSSR count). The largest absolute Gasteiger partial charge is 0.494 e. The predicted molar refractivity (Wildman–Crippen MR) is 200 cm³/mol. The number of benzene rings is 3. The molecule has 0 radical (unpaired) electrons. The quantitative estimate of drug-likeness (QED) is 0.0971. The lowest BCUT2D eigenvalue weighted by Crippen LogP contribution is -2.42. The van der Waals surface area contributed by atoms with Crippen molar-refractivity contribution >= 4 is 46.3 Å². The van der Waals surface area contributed by atoms with Crippen molar-refractivity contribution < 1.29 is 28.7 Å². The number of nitrogens with one attached hydrogen (secondary N) is 3. The number of amides is 4. The molecule has 4 amide bonds. The normalized spacial score (nSPS) is 14.0. The second-order valence-corrected chi connectivity index (χ2v) is 13.8. The summed E-state index contributed by atoms with van der Waals surface area (Å²) >= 11 is 1.50. The summed E-state index contributed by atoms with van der Waals surface area (Å²) in [7, 11) is 0. The third-order valence-electron chi connectivity index (χ3n) is 8.93. The maximum atomic E-state index is 13.5. The maximum Gasteiger partial charge on any atom is 0.262 e. The molecule has 1 unspecified atom stereocenters. The van der Waals surface area contributed by atoms with Crippen molar-refractivity contribution in [3.05, 3.63) is 100 Å². The van der Waals surface area contributed by atoms with E-state index in [9.17, 15) is 19.2 Å². The van der Waals surface area contributed by atoms with Gasteiger partial charge in [0.25, 0.3) is 17.7 Å². The van der Waals surface area contributed by atoms with Gasteiger partial charge in [0.05, 0.1) is 29.5 Å². The Hall–Kier alpha value is -5.27. The highest BCUT2D eigenvalue weighted by Crippen LogP contribution is 2.33. The number of fused-ring (bicyclic) bond motifs is 1. The van der Waals surface area contributed by atoms with Crippen LogP contribution in [0.15, 0.2) is 77.6 Å². The molecule has 13 heteroatoms. The molecule has 5 N–H and O–H groups in total. The summed E-state index contributed by atoms with van der Waals surface area (Å²) in [6, 6.07) is 19.3. The number of carbonyl (C=O) groups excluding carboxylic acids is 4. The van der Waals surface area contributed by atoms with Gasteiger partial charge in [0, 0.05) is 47.7 Å². The first-order valence-electron chi connectivity index (χ1n) is 17.7. The van der Waals surface area contributed by atoms with E-state index in [0.29, 0.717) is 54.4 Å². The molecular weight excluding hydrogens is 681 g/mol. The van der Waals surface area contributed by atoms with Crippen molar-refractivity contribution in [2.24, 2.45) is 5.73 Å². The standard InChI is InChI=1S/C39H44N6O6S/c40-33(21-30-24-52-25-42-30)38(48)41-18-4-2-1-3-5-19-50-32-15-11-29(12-16-32)43-37(47)27-8-6-26(7-9-27)22-45(31-13-14-31)39(49)28-10-17-34-35(20-28)51-23-36(46)44-34/h6-12,15-17,20,24-25,31,33H,1-5,13-14,18-19,21-23,40H2,(H,41,48)(H,43,47)(H,44,46). The van der Waals surface area contributed by atoms with E-state index in [2.05, 4.69) is 20.9 Å².